The maximum Gasteiger partial charge on any atom is 0.0243 e. The summed E-state index contributed by atoms with van der Waals surface area (Å²) in [5.41, 5.74) is 0. The van der Waals surface area contributed by atoms with Crippen LogP contribution in [0.2, 0.25) is 0 Å². The fourth-order valence-electron chi connectivity index (χ4n) is 1.20. The van der Waals surface area contributed by atoms with E-state index in [-0.39, 0.29) is 0 Å². The molecule has 0 amide bonds. The molecule has 1 N–H and O–H groups in total. The van der Waals surface area contributed by atoms with Crippen LogP contribution in [0.25, 0.3) is 0 Å². The molecule has 0 aromatic carbocycles. The number of rotatable bonds is 6. The molecular weight excluding hydrogens is 160 g/mol. The first-order valence-electron chi connectivity index (χ1n) is 4.98. The summed E-state index contributed by atoms with van der Waals surface area (Å²) >= 11 is 0. The largest absolute Gasteiger partial charge is 0.313 e. The first-order chi connectivity index (χ1) is 6.20. The van der Waals surface area contributed by atoms with Crippen molar-refractivity contribution in [2.75, 3.05) is 27.2 Å². The van der Waals surface area contributed by atoms with Gasteiger partial charge in [-0.2, -0.15) is 0 Å². The normalized spacial score (nSPS) is 12.4. The minimum Gasteiger partial charge on any atom is -0.313 e. The predicted octanol–water partition coefficient (Wildman–Crippen LogP) is 1.33. The Kier molecular flexibility index (Phi) is 7.77. The van der Waals surface area contributed by atoms with Crippen molar-refractivity contribution in [3.05, 3.63) is 0 Å². The Balaban J connectivity index is 3.70. The third-order valence-electron chi connectivity index (χ3n) is 1.94. The maximum atomic E-state index is 3.44. The lowest BCUT2D eigenvalue weighted by Gasteiger charge is -2.17. The van der Waals surface area contributed by atoms with E-state index >= 15 is 0 Å². The molecule has 2 nitrogen and oxygen atoms in total. The molecule has 0 bridgehead atoms. The Bertz CT molecular complexity index is 165. The van der Waals surface area contributed by atoms with Gasteiger partial charge in [0.1, 0.15) is 0 Å². The van der Waals surface area contributed by atoms with Crippen LogP contribution in [0.15, 0.2) is 0 Å². The zero-order valence-electron chi connectivity index (χ0n) is 9.35. The molecule has 0 spiro atoms. The minimum absolute atomic E-state index is 0.555. The summed E-state index contributed by atoms with van der Waals surface area (Å²) < 4.78 is 0. The van der Waals surface area contributed by atoms with E-state index in [1.807, 2.05) is 6.92 Å². The average molecular weight is 182 g/mol. The van der Waals surface area contributed by atoms with E-state index in [9.17, 15) is 0 Å². The maximum absolute atomic E-state index is 3.44. The zero-order valence-corrected chi connectivity index (χ0v) is 9.35. The molecule has 0 aliphatic heterocycles. The molecule has 0 radical (unpaired) electrons. The van der Waals surface area contributed by atoms with Crippen molar-refractivity contribution in [3.8, 4) is 11.8 Å². The van der Waals surface area contributed by atoms with Crippen LogP contribution in [-0.4, -0.2) is 38.1 Å². The fourth-order valence-corrected chi connectivity index (χ4v) is 1.20. The fraction of sp³-hybridized carbons (Fsp3) is 0.818. The summed E-state index contributed by atoms with van der Waals surface area (Å²) in [4.78, 5) is 2.21. The molecule has 0 heterocycles. The third kappa shape index (κ3) is 7.83. The quantitative estimate of drug-likeness (QED) is 0.623. The highest BCUT2D eigenvalue weighted by atomic mass is 15.1. The topological polar surface area (TPSA) is 15.3 Å². The second-order valence-corrected chi connectivity index (χ2v) is 3.48. The van der Waals surface area contributed by atoms with E-state index in [4.69, 9.17) is 0 Å². The van der Waals surface area contributed by atoms with Gasteiger partial charge in [0.15, 0.2) is 0 Å². The zero-order chi connectivity index (χ0) is 10.1. The molecule has 0 saturated heterocycles. The van der Waals surface area contributed by atoms with Gasteiger partial charge in [-0.3, -0.25) is 0 Å². The van der Waals surface area contributed by atoms with Gasteiger partial charge in [0.25, 0.3) is 0 Å². The summed E-state index contributed by atoms with van der Waals surface area (Å²) in [6.07, 6.45) is 2.15. The molecule has 0 aliphatic carbocycles. The van der Waals surface area contributed by atoms with Gasteiger partial charge >= 0.3 is 0 Å². The second kappa shape index (κ2) is 8.10. The molecule has 0 rings (SSSR count). The van der Waals surface area contributed by atoms with Crippen molar-refractivity contribution >= 4 is 0 Å². The SMILES string of the molecule is CC#CCC(CCN(C)C)NCC. The molecule has 0 aromatic rings. The highest BCUT2D eigenvalue weighted by molar-refractivity contribution is 4.98. The summed E-state index contributed by atoms with van der Waals surface area (Å²) in [6, 6.07) is 0.555. The molecule has 1 atom stereocenters. The van der Waals surface area contributed by atoms with Crippen LogP contribution in [0, 0.1) is 11.8 Å². The minimum atomic E-state index is 0.555. The van der Waals surface area contributed by atoms with Gasteiger partial charge in [0.2, 0.25) is 0 Å². The smallest absolute Gasteiger partial charge is 0.0243 e. The van der Waals surface area contributed by atoms with Crippen molar-refractivity contribution in [2.24, 2.45) is 0 Å². The standard InChI is InChI=1S/C11H22N2/c1-5-7-8-11(12-6-2)9-10-13(3)4/h11-12H,6,8-10H2,1-4H3. The van der Waals surface area contributed by atoms with Gasteiger partial charge in [0.05, 0.1) is 0 Å². The van der Waals surface area contributed by atoms with Crippen LogP contribution in [0.1, 0.15) is 26.7 Å². The highest BCUT2D eigenvalue weighted by Gasteiger charge is 2.04. The van der Waals surface area contributed by atoms with Crippen molar-refractivity contribution in [1.29, 1.82) is 0 Å². The van der Waals surface area contributed by atoms with Crippen LogP contribution in [0.5, 0.6) is 0 Å². The van der Waals surface area contributed by atoms with Crippen molar-refractivity contribution in [1.82, 2.24) is 10.2 Å². The lowest BCUT2D eigenvalue weighted by molar-refractivity contribution is 0.362. The third-order valence-corrected chi connectivity index (χ3v) is 1.94. The number of nitrogens with one attached hydrogen (secondary N) is 1. The van der Waals surface area contributed by atoms with E-state index < -0.39 is 0 Å². The lowest BCUT2D eigenvalue weighted by Crippen LogP contribution is -2.31. The Morgan fingerprint density at radius 3 is 2.54 bits per heavy atom. The van der Waals surface area contributed by atoms with E-state index in [2.05, 4.69) is 43.1 Å². The van der Waals surface area contributed by atoms with Crippen LogP contribution < -0.4 is 5.32 Å². The van der Waals surface area contributed by atoms with E-state index in [1.165, 1.54) is 6.42 Å². The van der Waals surface area contributed by atoms with Crippen molar-refractivity contribution in [2.45, 2.75) is 32.7 Å². The van der Waals surface area contributed by atoms with Gasteiger partial charge < -0.3 is 10.2 Å². The van der Waals surface area contributed by atoms with Crippen molar-refractivity contribution < 1.29 is 0 Å². The predicted molar refractivity (Wildman–Crippen MR) is 58.7 cm³/mol. The van der Waals surface area contributed by atoms with Crippen molar-refractivity contribution in [3.63, 3.8) is 0 Å². The molecular formula is C11H22N2. The molecule has 0 aromatic heterocycles. The Morgan fingerprint density at radius 2 is 2.08 bits per heavy atom. The Morgan fingerprint density at radius 1 is 1.38 bits per heavy atom. The summed E-state index contributed by atoms with van der Waals surface area (Å²) in [5, 5.41) is 3.44. The summed E-state index contributed by atoms with van der Waals surface area (Å²) in [7, 11) is 4.21. The van der Waals surface area contributed by atoms with E-state index in [0.29, 0.717) is 6.04 Å². The summed E-state index contributed by atoms with van der Waals surface area (Å²) in [5.74, 6) is 6.07. The molecule has 0 aliphatic rings. The van der Waals surface area contributed by atoms with Crippen LogP contribution in [0.3, 0.4) is 0 Å². The molecule has 0 saturated carbocycles. The van der Waals surface area contributed by atoms with Crippen LogP contribution in [-0.2, 0) is 0 Å². The van der Waals surface area contributed by atoms with Gasteiger partial charge in [-0.1, -0.05) is 6.92 Å². The number of hydrogen-bond acceptors (Lipinski definition) is 2. The van der Waals surface area contributed by atoms with E-state index in [0.717, 1.165) is 19.5 Å². The lowest BCUT2D eigenvalue weighted by atomic mass is 10.1. The Hall–Kier alpha value is -0.520. The first kappa shape index (κ1) is 12.5. The van der Waals surface area contributed by atoms with Gasteiger partial charge in [-0.05, 0) is 40.5 Å². The monoisotopic (exact) mass is 182 g/mol. The molecule has 2 heteroatoms. The van der Waals surface area contributed by atoms with Gasteiger partial charge in [-0.15, -0.1) is 11.8 Å². The number of hydrogen-bond donors (Lipinski definition) is 1. The number of nitrogens with zero attached hydrogens (tertiary/aromatic N) is 1. The van der Waals surface area contributed by atoms with Crippen LogP contribution >= 0.6 is 0 Å². The van der Waals surface area contributed by atoms with Gasteiger partial charge in [-0.25, -0.2) is 0 Å². The van der Waals surface area contributed by atoms with Gasteiger partial charge in [0, 0.05) is 12.5 Å². The highest BCUT2D eigenvalue weighted by Crippen LogP contribution is 1.97. The second-order valence-electron chi connectivity index (χ2n) is 3.48. The van der Waals surface area contributed by atoms with Crippen LogP contribution in [0.4, 0.5) is 0 Å². The molecule has 76 valence electrons. The first-order valence-corrected chi connectivity index (χ1v) is 4.98. The van der Waals surface area contributed by atoms with E-state index in [1.54, 1.807) is 0 Å². The molecule has 13 heavy (non-hydrogen) atoms. The summed E-state index contributed by atoms with van der Waals surface area (Å²) in [6.45, 7) is 6.20. The Labute approximate surface area is 82.7 Å². The molecule has 0 fully saturated rings. The molecule has 1 unspecified atom stereocenters. The average Bonchev–Trinajstić information content (AvgIpc) is 2.09.